The van der Waals surface area contributed by atoms with Gasteiger partial charge in [0.25, 0.3) is 0 Å². The average molecular weight is 247 g/mol. The van der Waals surface area contributed by atoms with E-state index in [-0.39, 0.29) is 0 Å². The number of nitrogens with zero attached hydrogens (tertiary/aromatic N) is 6. The maximum atomic E-state index is 5.92. The third kappa shape index (κ3) is 1.53. The van der Waals surface area contributed by atoms with Crippen molar-refractivity contribution in [2.75, 3.05) is 5.73 Å². The van der Waals surface area contributed by atoms with Crippen molar-refractivity contribution in [2.45, 2.75) is 19.9 Å². The summed E-state index contributed by atoms with van der Waals surface area (Å²) in [6.07, 6.45) is 1.95. The summed E-state index contributed by atoms with van der Waals surface area (Å²) in [6.45, 7) is 2.55. The Morgan fingerprint density at radius 2 is 2.28 bits per heavy atom. The first-order chi connectivity index (χ1) is 8.66. The molecule has 0 aliphatic heterocycles. The molecule has 0 spiro atoms. The number of aryl methyl sites for hydroxylation is 4. The molecule has 0 bridgehead atoms. The van der Waals surface area contributed by atoms with Gasteiger partial charge in [-0.25, -0.2) is 4.98 Å². The van der Waals surface area contributed by atoms with Crippen LogP contribution in [0.2, 0.25) is 0 Å². The standard InChI is InChI=1S/C10H13N7O/c1-6-8-9(16(2)14-6)17(10(11)13-8)4-3-7-12-5-18-15-7/h5H,3-4H2,1-2H3,(H2,11,13). The molecule has 0 fully saturated rings. The Morgan fingerprint density at radius 1 is 1.44 bits per heavy atom. The van der Waals surface area contributed by atoms with Crippen LogP contribution < -0.4 is 5.73 Å². The van der Waals surface area contributed by atoms with Gasteiger partial charge in [0.1, 0.15) is 5.52 Å². The molecular formula is C10H13N7O. The van der Waals surface area contributed by atoms with E-state index in [0.717, 1.165) is 16.9 Å². The van der Waals surface area contributed by atoms with Crippen molar-refractivity contribution in [2.24, 2.45) is 7.05 Å². The fraction of sp³-hybridized carbons (Fsp3) is 0.400. The van der Waals surface area contributed by atoms with Crippen molar-refractivity contribution < 1.29 is 4.52 Å². The first kappa shape index (κ1) is 10.8. The summed E-state index contributed by atoms with van der Waals surface area (Å²) < 4.78 is 8.39. The van der Waals surface area contributed by atoms with Gasteiger partial charge in [0, 0.05) is 20.0 Å². The highest BCUT2D eigenvalue weighted by Crippen LogP contribution is 2.20. The van der Waals surface area contributed by atoms with Gasteiger partial charge < -0.3 is 10.3 Å². The first-order valence-corrected chi connectivity index (χ1v) is 5.57. The van der Waals surface area contributed by atoms with E-state index in [9.17, 15) is 0 Å². The molecule has 3 aromatic rings. The highest BCUT2D eigenvalue weighted by atomic mass is 16.5. The van der Waals surface area contributed by atoms with Crippen LogP contribution in [-0.4, -0.2) is 29.5 Å². The number of rotatable bonds is 3. The minimum Gasteiger partial charge on any atom is -0.369 e. The Morgan fingerprint density at radius 3 is 3.00 bits per heavy atom. The molecule has 3 aromatic heterocycles. The Kier molecular flexibility index (Phi) is 2.29. The zero-order chi connectivity index (χ0) is 12.7. The van der Waals surface area contributed by atoms with Crippen molar-refractivity contribution in [3.8, 4) is 0 Å². The van der Waals surface area contributed by atoms with Gasteiger partial charge in [0.05, 0.1) is 5.69 Å². The summed E-state index contributed by atoms with van der Waals surface area (Å²) in [6, 6.07) is 0. The number of hydrogen-bond donors (Lipinski definition) is 1. The van der Waals surface area contributed by atoms with E-state index in [4.69, 9.17) is 10.3 Å². The Bertz CT molecular complexity index is 679. The third-order valence-electron chi connectivity index (χ3n) is 2.89. The smallest absolute Gasteiger partial charge is 0.213 e. The molecule has 0 saturated carbocycles. The molecule has 0 amide bonds. The van der Waals surface area contributed by atoms with Crippen molar-refractivity contribution in [3.63, 3.8) is 0 Å². The number of nitrogen functional groups attached to an aromatic ring is 1. The van der Waals surface area contributed by atoms with Gasteiger partial charge in [-0.2, -0.15) is 10.1 Å². The normalized spacial score (nSPS) is 11.4. The van der Waals surface area contributed by atoms with E-state index in [2.05, 4.69) is 20.2 Å². The van der Waals surface area contributed by atoms with Crippen molar-refractivity contribution in [3.05, 3.63) is 17.9 Å². The number of nitrogens with two attached hydrogens (primary N) is 1. The zero-order valence-corrected chi connectivity index (χ0v) is 10.2. The lowest BCUT2D eigenvalue weighted by atomic mass is 10.4. The summed E-state index contributed by atoms with van der Waals surface area (Å²) in [5.41, 5.74) is 8.54. The highest BCUT2D eigenvalue weighted by molar-refractivity contribution is 5.77. The summed E-state index contributed by atoms with van der Waals surface area (Å²) >= 11 is 0. The minimum atomic E-state index is 0.476. The number of imidazole rings is 1. The molecule has 0 aliphatic rings. The molecule has 0 aromatic carbocycles. The molecule has 0 saturated heterocycles. The molecule has 0 unspecified atom stereocenters. The second-order valence-electron chi connectivity index (χ2n) is 4.10. The number of anilines is 1. The van der Waals surface area contributed by atoms with Crippen molar-refractivity contribution in [1.82, 2.24) is 29.5 Å². The van der Waals surface area contributed by atoms with Gasteiger partial charge in [0.2, 0.25) is 12.3 Å². The Labute approximate surface area is 102 Å². The quantitative estimate of drug-likeness (QED) is 0.713. The predicted molar refractivity (Wildman–Crippen MR) is 63.7 cm³/mol. The van der Waals surface area contributed by atoms with Gasteiger partial charge >= 0.3 is 0 Å². The summed E-state index contributed by atoms with van der Waals surface area (Å²) in [7, 11) is 1.88. The SMILES string of the molecule is Cc1nn(C)c2c1nc(N)n2CCc1ncon1. The lowest BCUT2D eigenvalue weighted by Gasteiger charge is -2.04. The molecule has 18 heavy (non-hydrogen) atoms. The second kappa shape index (κ2) is 3.83. The van der Waals surface area contributed by atoms with Gasteiger partial charge in [-0.1, -0.05) is 5.16 Å². The molecule has 2 N–H and O–H groups in total. The molecule has 3 rings (SSSR count). The molecule has 0 atom stereocenters. The molecule has 0 radical (unpaired) electrons. The summed E-state index contributed by atoms with van der Waals surface area (Å²) in [5.74, 6) is 1.12. The molecule has 3 heterocycles. The fourth-order valence-corrected chi connectivity index (χ4v) is 2.09. The van der Waals surface area contributed by atoms with Crippen molar-refractivity contribution >= 4 is 17.1 Å². The van der Waals surface area contributed by atoms with Crippen LogP contribution in [0.4, 0.5) is 5.95 Å². The van der Waals surface area contributed by atoms with Crippen LogP contribution in [0.1, 0.15) is 11.5 Å². The summed E-state index contributed by atoms with van der Waals surface area (Å²) in [5, 5.41) is 8.09. The lowest BCUT2D eigenvalue weighted by molar-refractivity contribution is 0.408. The lowest BCUT2D eigenvalue weighted by Crippen LogP contribution is -2.09. The van der Waals surface area contributed by atoms with Crippen molar-refractivity contribution in [1.29, 1.82) is 0 Å². The van der Waals surface area contributed by atoms with E-state index >= 15 is 0 Å². The van der Waals surface area contributed by atoms with Crippen LogP contribution in [0.25, 0.3) is 11.2 Å². The third-order valence-corrected chi connectivity index (χ3v) is 2.89. The zero-order valence-electron chi connectivity index (χ0n) is 10.2. The first-order valence-electron chi connectivity index (χ1n) is 5.57. The average Bonchev–Trinajstić information content (AvgIpc) is 2.98. The largest absolute Gasteiger partial charge is 0.369 e. The van der Waals surface area contributed by atoms with Gasteiger partial charge in [-0.3, -0.25) is 9.25 Å². The number of hydrogen-bond acceptors (Lipinski definition) is 6. The molecule has 0 aliphatic carbocycles. The predicted octanol–water partition coefficient (Wildman–Crippen LogP) is 0.286. The second-order valence-corrected chi connectivity index (χ2v) is 4.10. The van der Waals surface area contributed by atoms with E-state index in [0.29, 0.717) is 24.7 Å². The molecular weight excluding hydrogens is 234 g/mol. The van der Waals surface area contributed by atoms with Crippen LogP contribution in [0.5, 0.6) is 0 Å². The van der Waals surface area contributed by atoms with E-state index < -0.39 is 0 Å². The Balaban J connectivity index is 1.98. The molecule has 8 heteroatoms. The minimum absolute atomic E-state index is 0.476. The van der Waals surface area contributed by atoms with Crippen LogP contribution in [-0.2, 0) is 20.0 Å². The highest BCUT2D eigenvalue weighted by Gasteiger charge is 2.15. The topological polar surface area (TPSA) is 101 Å². The van der Waals surface area contributed by atoms with E-state index in [1.54, 1.807) is 4.68 Å². The van der Waals surface area contributed by atoms with Crippen LogP contribution in [0, 0.1) is 6.92 Å². The molecule has 94 valence electrons. The van der Waals surface area contributed by atoms with Gasteiger partial charge in [0.15, 0.2) is 11.5 Å². The van der Waals surface area contributed by atoms with E-state index in [1.807, 2.05) is 18.5 Å². The maximum absolute atomic E-state index is 5.92. The number of aromatic nitrogens is 6. The van der Waals surface area contributed by atoms with Crippen LogP contribution >= 0.6 is 0 Å². The monoisotopic (exact) mass is 247 g/mol. The van der Waals surface area contributed by atoms with Crippen LogP contribution in [0.15, 0.2) is 10.9 Å². The van der Waals surface area contributed by atoms with E-state index in [1.165, 1.54) is 6.39 Å². The van der Waals surface area contributed by atoms with Gasteiger partial charge in [-0.05, 0) is 6.92 Å². The Hall–Kier alpha value is -2.38. The van der Waals surface area contributed by atoms with Crippen LogP contribution in [0.3, 0.4) is 0 Å². The summed E-state index contributed by atoms with van der Waals surface area (Å²) in [4.78, 5) is 8.30. The maximum Gasteiger partial charge on any atom is 0.213 e. The molecule has 8 nitrogen and oxygen atoms in total. The van der Waals surface area contributed by atoms with Gasteiger partial charge in [-0.15, -0.1) is 0 Å². The number of fused-ring (bicyclic) bond motifs is 1. The fourth-order valence-electron chi connectivity index (χ4n) is 2.09.